The SMILES string of the molecule is Cc1ccc(=O)n(CC2CN(c3ncnc4ccc(F)cc34)C2)n1. The molecule has 0 N–H and O–H groups in total. The number of rotatable bonds is 3. The molecule has 0 unspecified atom stereocenters. The third-order valence-electron chi connectivity index (χ3n) is 4.26. The van der Waals surface area contributed by atoms with Gasteiger partial charge in [0.15, 0.2) is 0 Å². The Balaban J connectivity index is 1.53. The highest BCUT2D eigenvalue weighted by molar-refractivity contribution is 5.89. The summed E-state index contributed by atoms with van der Waals surface area (Å²) in [6.45, 7) is 3.95. The first-order valence-electron chi connectivity index (χ1n) is 7.80. The molecule has 4 rings (SSSR count). The average molecular weight is 325 g/mol. The Morgan fingerprint density at radius 3 is 2.88 bits per heavy atom. The van der Waals surface area contributed by atoms with Crippen LogP contribution in [0, 0.1) is 18.7 Å². The standard InChI is InChI=1S/C17H16FN5O/c1-11-2-5-16(24)23(21-11)9-12-7-22(8-12)17-14-6-13(18)3-4-15(14)19-10-20-17/h2-6,10,12H,7-9H2,1H3. The molecule has 2 aromatic heterocycles. The molecule has 3 heterocycles. The summed E-state index contributed by atoms with van der Waals surface area (Å²) in [5.41, 5.74) is 1.46. The molecule has 1 aromatic carbocycles. The Labute approximate surface area is 137 Å². The number of benzene rings is 1. The van der Waals surface area contributed by atoms with Crippen molar-refractivity contribution in [1.29, 1.82) is 0 Å². The van der Waals surface area contributed by atoms with Crippen LogP contribution in [0.5, 0.6) is 0 Å². The van der Waals surface area contributed by atoms with Crippen molar-refractivity contribution < 1.29 is 4.39 Å². The van der Waals surface area contributed by atoms with Gasteiger partial charge in [0.1, 0.15) is 18.0 Å². The Kier molecular flexibility index (Phi) is 3.48. The number of hydrogen-bond donors (Lipinski definition) is 0. The molecule has 7 heteroatoms. The second-order valence-corrected chi connectivity index (χ2v) is 6.12. The fraction of sp³-hybridized carbons (Fsp3) is 0.294. The Morgan fingerprint density at radius 2 is 2.04 bits per heavy atom. The van der Waals surface area contributed by atoms with Gasteiger partial charge in [-0.2, -0.15) is 5.10 Å². The van der Waals surface area contributed by atoms with E-state index in [1.807, 2.05) is 6.92 Å². The molecule has 24 heavy (non-hydrogen) atoms. The average Bonchev–Trinajstić information content (AvgIpc) is 2.53. The zero-order valence-electron chi connectivity index (χ0n) is 13.2. The Hall–Kier alpha value is -2.83. The van der Waals surface area contributed by atoms with Crippen LogP contribution in [-0.2, 0) is 6.54 Å². The van der Waals surface area contributed by atoms with Crippen LogP contribution in [0.15, 0.2) is 41.5 Å². The molecule has 1 saturated heterocycles. The van der Waals surface area contributed by atoms with Crippen LogP contribution < -0.4 is 10.5 Å². The predicted octanol–water partition coefficient (Wildman–Crippen LogP) is 1.77. The smallest absolute Gasteiger partial charge is 0.266 e. The van der Waals surface area contributed by atoms with E-state index in [0.29, 0.717) is 17.8 Å². The molecule has 0 radical (unpaired) electrons. The first kappa shape index (κ1) is 14.7. The lowest BCUT2D eigenvalue weighted by Crippen LogP contribution is -2.50. The van der Waals surface area contributed by atoms with E-state index in [4.69, 9.17) is 0 Å². The van der Waals surface area contributed by atoms with Crippen LogP contribution in [0.3, 0.4) is 0 Å². The second-order valence-electron chi connectivity index (χ2n) is 6.12. The van der Waals surface area contributed by atoms with Gasteiger partial charge in [0.25, 0.3) is 5.56 Å². The van der Waals surface area contributed by atoms with Crippen molar-refractivity contribution in [3.05, 3.63) is 58.5 Å². The minimum atomic E-state index is -0.300. The molecule has 122 valence electrons. The minimum absolute atomic E-state index is 0.0893. The van der Waals surface area contributed by atoms with Gasteiger partial charge in [-0.3, -0.25) is 4.79 Å². The topological polar surface area (TPSA) is 63.9 Å². The van der Waals surface area contributed by atoms with Crippen molar-refractivity contribution in [3.8, 4) is 0 Å². The number of hydrogen-bond acceptors (Lipinski definition) is 5. The molecule has 6 nitrogen and oxygen atoms in total. The van der Waals surface area contributed by atoms with Crippen LogP contribution in [0.4, 0.5) is 10.2 Å². The number of anilines is 1. The summed E-state index contributed by atoms with van der Waals surface area (Å²) < 4.78 is 15.0. The maximum absolute atomic E-state index is 13.5. The van der Waals surface area contributed by atoms with Gasteiger partial charge >= 0.3 is 0 Å². The normalized spacial score (nSPS) is 14.8. The van der Waals surface area contributed by atoms with Gasteiger partial charge in [0, 0.05) is 30.5 Å². The van der Waals surface area contributed by atoms with Crippen molar-refractivity contribution in [2.24, 2.45) is 5.92 Å². The van der Waals surface area contributed by atoms with Gasteiger partial charge in [-0.25, -0.2) is 19.0 Å². The van der Waals surface area contributed by atoms with E-state index in [-0.39, 0.29) is 11.4 Å². The minimum Gasteiger partial charge on any atom is -0.355 e. The van der Waals surface area contributed by atoms with E-state index in [9.17, 15) is 9.18 Å². The maximum Gasteiger partial charge on any atom is 0.266 e. The molecule has 0 atom stereocenters. The Bertz CT molecular complexity index is 965. The molecule has 1 aliphatic heterocycles. The van der Waals surface area contributed by atoms with Gasteiger partial charge in [-0.05, 0) is 31.2 Å². The molecule has 0 aliphatic carbocycles. The summed E-state index contributed by atoms with van der Waals surface area (Å²) in [7, 11) is 0. The van der Waals surface area contributed by atoms with E-state index >= 15 is 0 Å². The molecular weight excluding hydrogens is 309 g/mol. The van der Waals surface area contributed by atoms with Crippen molar-refractivity contribution in [2.45, 2.75) is 13.5 Å². The van der Waals surface area contributed by atoms with Crippen LogP contribution in [0.1, 0.15) is 5.69 Å². The van der Waals surface area contributed by atoms with Crippen LogP contribution in [0.2, 0.25) is 0 Å². The van der Waals surface area contributed by atoms with Crippen molar-refractivity contribution in [3.63, 3.8) is 0 Å². The van der Waals surface area contributed by atoms with Gasteiger partial charge < -0.3 is 4.90 Å². The third kappa shape index (κ3) is 2.62. The van der Waals surface area contributed by atoms with Crippen LogP contribution in [0.25, 0.3) is 10.9 Å². The second kappa shape index (κ2) is 5.67. The lowest BCUT2D eigenvalue weighted by Gasteiger charge is -2.40. The van der Waals surface area contributed by atoms with E-state index < -0.39 is 0 Å². The molecule has 0 spiro atoms. The molecular formula is C17H16FN5O. The van der Waals surface area contributed by atoms with E-state index in [1.54, 1.807) is 18.2 Å². The number of halogens is 1. The first-order chi connectivity index (χ1) is 11.6. The number of aromatic nitrogens is 4. The highest BCUT2D eigenvalue weighted by Gasteiger charge is 2.29. The summed E-state index contributed by atoms with van der Waals surface area (Å²) in [5.74, 6) is 0.752. The van der Waals surface area contributed by atoms with Gasteiger partial charge in [-0.15, -0.1) is 0 Å². The highest BCUT2D eigenvalue weighted by Crippen LogP contribution is 2.29. The van der Waals surface area contributed by atoms with E-state index in [0.717, 1.165) is 30.1 Å². The summed E-state index contributed by atoms with van der Waals surface area (Å²) in [6.07, 6.45) is 1.50. The molecule has 0 bridgehead atoms. The van der Waals surface area contributed by atoms with Crippen molar-refractivity contribution in [2.75, 3.05) is 18.0 Å². The predicted molar refractivity (Wildman–Crippen MR) is 88.4 cm³/mol. The number of nitrogens with zero attached hydrogens (tertiary/aromatic N) is 5. The van der Waals surface area contributed by atoms with Crippen molar-refractivity contribution in [1.82, 2.24) is 19.7 Å². The monoisotopic (exact) mass is 325 g/mol. The van der Waals surface area contributed by atoms with Crippen LogP contribution in [-0.4, -0.2) is 32.8 Å². The summed E-state index contributed by atoms with van der Waals surface area (Å²) in [5, 5.41) is 4.97. The zero-order valence-corrected chi connectivity index (χ0v) is 13.2. The van der Waals surface area contributed by atoms with Crippen LogP contribution >= 0.6 is 0 Å². The quantitative estimate of drug-likeness (QED) is 0.734. The summed E-state index contributed by atoms with van der Waals surface area (Å²) in [4.78, 5) is 22.4. The van der Waals surface area contributed by atoms with Crippen molar-refractivity contribution >= 4 is 16.7 Å². The lowest BCUT2D eigenvalue weighted by molar-refractivity contribution is 0.332. The molecule has 0 saturated carbocycles. The maximum atomic E-state index is 13.5. The summed E-state index contributed by atoms with van der Waals surface area (Å²) in [6, 6.07) is 7.77. The first-order valence-corrected chi connectivity index (χ1v) is 7.80. The fourth-order valence-electron chi connectivity index (χ4n) is 3.05. The lowest BCUT2D eigenvalue weighted by atomic mass is 9.99. The molecule has 3 aromatic rings. The van der Waals surface area contributed by atoms with E-state index in [2.05, 4.69) is 20.0 Å². The van der Waals surface area contributed by atoms with Gasteiger partial charge in [-0.1, -0.05) is 0 Å². The molecule has 1 fully saturated rings. The number of aryl methyl sites for hydroxylation is 1. The number of fused-ring (bicyclic) bond motifs is 1. The molecule has 1 aliphatic rings. The largest absolute Gasteiger partial charge is 0.355 e. The van der Waals surface area contributed by atoms with E-state index in [1.165, 1.54) is 23.1 Å². The third-order valence-corrected chi connectivity index (χ3v) is 4.26. The fourth-order valence-corrected chi connectivity index (χ4v) is 3.05. The summed E-state index contributed by atoms with van der Waals surface area (Å²) >= 11 is 0. The highest BCUT2D eigenvalue weighted by atomic mass is 19.1. The Morgan fingerprint density at radius 1 is 1.21 bits per heavy atom. The zero-order chi connectivity index (χ0) is 16.7. The van der Waals surface area contributed by atoms with Gasteiger partial charge in [0.05, 0.1) is 17.8 Å². The van der Waals surface area contributed by atoms with Gasteiger partial charge in [0.2, 0.25) is 0 Å². The molecule has 0 amide bonds.